The molecule has 0 heterocycles. The maximum absolute atomic E-state index is 11.8. The van der Waals surface area contributed by atoms with Crippen molar-refractivity contribution in [1.29, 1.82) is 0 Å². The van der Waals surface area contributed by atoms with Gasteiger partial charge < -0.3 is 10.4 Å². The lowest BCUT2D eigenvalue weighted by atomic mass is 10.1. The van der Waals surface area contributed by atoms with Gasteiger partial charge in [-0.15, -0.1) is 0 Å². The molecule has 0 fully saturated rings. The van der Waals surface area contributed by atoms with Crippen LogP contribution >= 0.6 is 0 Å². The Bertz CT molecular complexity index is 464. The molecule has 1 aromatic rings. The van der Waals surface area contributed by atoms with E-state index in [2.05, 4.69) is 5.32 Å². The summed E-state index contributed by atoms with van der Waals surface area (Å²) in [6.45, 7) is 4.66. The first-order valence-corrected chi connectivity index (χ1v) is 5.78. The molecule has 0 saturated heterocycles. The van der Waals surface area contributed by atoms with Crippen molar-refractivity contribution in [2.24, 2.45) is 5.92 Å². The summed E-state index contributed by atoms with van der Waals surface area (Å²) < 4.78 is 0. The van der Waals surface area contributed by atoms with E-state index in [1.165, 1.54) is 6.08 Å². The lowest BCUT2D eigenvalue weighted by Crippen LogP contribution is -2.27. The Morgan fingerprint density at radius 3 is 2.72 bits per heavy atom. The molecule has 0 aliphatic rings. The standard InChI is InChI=1S/C14H17NO3/c1-10(2)9-15-14(18)12-5-3-4-11(8-12)6-7-13(16)17/h3-8,10H,9H2,1-2H3,(H,15,18)(H,16,17)/b7-6+. The Balaban J connectivity index is 2.75. The number of carboxylic acid groups (broad SMARTS) is 1. The zero-order chi connectivity index (χ0) is 13.5. The molecule has 4 nitrogen and oxygen atoms in total. The van der Waals surface area contributed by atoms with Crippen LogP contribution in [-0.2, 0) is 4.79 Å². The fourth-order valence-corrected chi connectivity index (χ4v) is 1.35. The predicted molar refractivity (Wildman–Crippen MR) is 70.3 cm³/mol. The number of carboxylic acids is 1. The summed E-state index contributed by atoms with van der Waals surface area (Å²) in [4.78, 5) is 22.2. The molecule has 0 aliphatic carbocycles. The van der Waals surface area contributed by atoms with Crippen molar-refractivity contribution in [3.8, 4) is 0 Å². The van der Waals surface area contributed by atoms with E-state index in [1.54, 1.807) is 24.3 Å². The third-order valence-corrected chi connectivity index (χ3v) is 2.24. The summed E-state index contributed by atoms with van der Waals surface area (Å²) in [5.41, 5.74) is 1.22. The average molecular weight is 247 g/mol. The van der Waals surface area contributed by atoms with Gasteiger partial charge in [0.25, 0.3) is 5.91 Å². The largest absolute Gasteiger partial charge is 0.478 e. The molecule has 18 heavy (non-hydrogen) atoms. The summed E-state index contributed by atoms with van der Waals surface area (Å²) in [6.07, 6.45) is 2.51. The van der Waals surface area contributed by atoms with E-state index < -0.39 is 5.97 Å². The third-order valence-electron chi connectivity index (χ3n) is 2.24. The first-order valence-electron chi connectivity index (χ1n) is 5.78. The van der Waals surface area contributed by atoms with Gasteiger partial charge >= 0.3 is 5.97 Å². The van der Waals surface area contributed by atoms with Gasteiger partial charge in [-0.3, -0.25) is 4.79 Å². The van der Waals surface area contributed by atoms with E-state index in [1.807, 2.05) is 13.8 Å². The van der Waals surface area contributed by atoms with E-state index >= 15 is 0 Å². The zero-order valence-electron chi connectivity index (χ0n) is 10.5. The predicted octanol–water partition coefficient (Wildman–Crippen LogP) is 2.17. The minimum absolute atomic E-state index is 0.144. The third kappa shape index (κ3) is 4.82. The summed E-state index contributed by atoms with van der Waals surface area (Å²) in [6, 6.07) is 6.84. The first-order chi connectivity index (χ1) is 8.49. The molecule has 0 spiro atoms. The summed E-state index contributed by atoms with van der Waals surface area (Å²) in [7, 11) is 0. The fraction of sp³-hybridized carbons (Fsp3) is 0.286. The van der Waals surface area contributed by atoms with Gasteiger partial charge in [-0.2, -0.15) is 0 Å². The molecule has 0 aliphatic heterocycles. The van der Waals surface area contributed by atoms with Gasteiger partial charge in [-0.25, -0.2) is 4.79 Å². The van der Waals surface area contributed by atoms with E-state index in [0.717, 1.165) is 6.08 Å². The molecule has 1 amide bonds. The SMILES string of the molecule is CC(C)CNC(=O)c1cccc(/C=C/C(=O)O)c1. The van der Waals surface area contributed by atoms with Gasteiger partial charge in [-0.05, 0) is 29.7 Å². The van der Waals surface area contributed by atoms with Crippen LogP contribution in [-0.4, -0.2) is 23.5 Å². The zero-order valence-corrected chi connectivity index (χ0v) is 10.5. The van der Waals surface area contributed by atoms with Crippen LogP contribution in [0.4, 0.5) is 0 Å². The highest BCUT2D eigenvalue weighted by molar-refractivity contribution is 5.95. The minimum Gasteiger partial charge on any atom is -0.478 e. The number of rotatable bonds is 5. The van der Waals surface area contributed by atoms with Gasteiger partial charge in [0, 0.05) is 18.2 Å². The molecule has 0 unspecified atom stereocenters. The molecule has 1 rings (SSSR count). The highest BCUT2D eigenvalue weighted by Crippen LogP contribution is 2.07. The van der Waals surface area contributed by atoms with Crippen LogP contribution < -0.4 is 5.32 Å². The normalized spacial score (nSPS) is 10.8. The fourth-order valence-electron chi connectivity index (χ4n) is 1.35. The van der Waals surface area contributed by atoms with Crippen LogP contribution in [0, 0.1) is 5.92 Å². The van der Waals surface area contributed by atoms with Crippen molar-refractivity contribution in [2.75, 3.05) is 6.54 Å². The minimum atomic E-state index is -1.01. The monoisotopic (exact) mass is 247 g/mol. The van der Waals surface area contributed by atoms with Gasteiger partial charge in [-0.1, -0.05) is 26.0 Å². The molecule has 0 aromatic heterocycles. The Morgan fingerprint density at radius 2 is 2.11 bits per heavy atom. The van der Waals surface area contributed by atoms with Gasteiger partial charge in [0.15, 0.2) is 0 Å². The van der Waals surface area contributed by atoms with Gasteiger partial charge in [0.1, 0.15) is 0 Å². The molecule has 0 saturated carbocycles. The highest BCUT2D eigenvalue weighted by Gasteiger charge is 2.05. The number of carbonyl (C=O) groups is 2. The van der Waals surface area contributed by atoms with Gasteiger partial charge in [0.05, 0.1) is 0 Å². The lowest BCUT2D eigenvalue weighted by molar-refractivity contribution is -0.131. The van der Waals surface area contributed by atoms with Crippen LogP contribution in [0.5, 0.6) is 0 Å². The molecule has 1 aromatic carbocycles. The summed E-state index contributed by atoms with van der Waals surface area (Å²) in [5, 5.41) is 11.3. The van der Waals surface area contributed by atoms with E-state index in [0.29, 0.717) is 23.6 Å². The van der Waals surface area contributed by atoms with E-state index in [9.17, 15) is 9.59 Å². The number of benzene rings is 1. The average Bonchev–Trinajstić information content (AvgIpc) is 2.33. The van der Waals surface area contributed by atoms with Crippen molar-refractivity contribution in [2.45, 2.75) is 13.8 Å². The van der Waals surface area contributed by atoms with Crippen molar-refractivity contribution in [1.82, 2.24) is 5.32 Å². The Morgan fingerprint density at radius 1 is 1.39 bits per heavy atom. The number of hydrogen-bond donors (Lipinski definition) is 2. The van der Waals surface area contributed by atoms with Crippen LogP contribution in [0.1, 0.15) is 29.8 Å². The van der Waals surface area contributed by atoms with E-state index in [4.69, 9.17) is 5.11 Å². The maximum atomic E-state index is 11.8. The van der Waals surface area contributed by atoms with Crippen LogP contribution in [0.25, 0.3) is 6.08 Å². The number of nitrogens with one attached hydrogen (secondary N) is 1. The number of amides is 1. The molecular weight excluding hydrogens is 230 g/mol. The van der Waals surface area contributed by atoms with E-state index in [-0.39, 0.29) is 5.91 Å². The van der Waals surface area contributed by atoms with Gasteiger partial charge in [0.2, 0.25) is 0 Å². The lowest BCUT2D eigenvalue weighted by Gasteiger charge is -2.07. The van der Waals surface area contributed by atoms with Crippen LogP contribution in [0.15, 0.2) is 30.3 Å². The van der Waals surface area contributed by atoms with Crippen molar-refractivity contribution in [3.05, 3.63) is 41.5 Å². The molecule has 0 radical (unpaired) electrons. The highest BCUT2D eigenvalue weighted by atomic mass is 16.4. The van der Waals surface area contributed by atoms with Crippen LogP contribution in [0.2, 0.25) is 0 Å². The second-order valence-electron chi connectivity index (χ2n) is 4.40. The smallest absolute Gasteiger partial charge is 0.328 e. The quantitative estimate of drug-likeness (QED) is 0.784. The van der Waals surface area contributed by atoms with Crippen LogP contribution in [0.3, 0.4) is 0 Å². The number of carbonyl (C=O) groups excluding carboxylic acids is 1. The maximum Gasteiger partial charge on any atom is 0.328 e. The Labute approximate surface area is 106 Å². The Kier molecular flexibility index (Phi) is 5.11. The molecule has 2 N–H and O–H groups in total. The topological polar surface area (TPSA) is 66.4 Å². The first kappa shape index (κ1) is 14.0. The molecule has 4 heteroatoms. The van der Waals surface area contributed by atoms with Crippen molar-refractivity contribution < 1.29 is 14.7 Å². The van der Waals surface area contributed by atoms with Crippen molar-refractivity contribution in [3.63, 3.8) is 0 Å². The molecule has 0 bridgehead atoms. The molecule has 96 valence electrons. The molecule has 0 atom stereocenters. The second kappa shape index (κ2) is 6.59. The summed E-state index contributed by atoms with van der Waals surface area (Å²) in [5.74, 6) is -0.761. The summed E-state index contributed by atoms with van der Waals surface area (Å²) >= 11 is 0. The Hall–Kier alpha value is -2.10. The second-order valence-corrected chi connectivity index (χ2v) is 4.40. The molecular formula is C14H17NO3. The number of hydrogen-bond acceptors (Lipinski definition) is 2. The van der Waals surface area contributed by atoms with Crippen molar-refractivity contribution >= 4 is 18.0 Å². The number of aliphatic carboxylic acids is 1.